The summed E-state index contributed by atoms with van der Waals surface area (Å²) in [5, 5.41) is 0. The van der Waals surface area contributed by atoms with Gasteiger partial charge in [-0.05, 0) is 37.5 Å². The van der Waals surface area contributed by atoms with Gasteiger partial charge in [0.05, 0.1) is 0 Å². The summed E-state index contributed by atoms with van der Waals surface area (Å²) in [6.07, 6.45) is 10.4. The zero-order chi connectivity index (χ0) is 13.9. The fourth-order valence-electron chi connectivity index (χ4n) is 4.38. The molecule has 0 aliphatic heterocycles. The first-order chi connectivity index (χ1) is 9.10. The van der Waals surface area contributed by atoms with Crippen LogP contribution in [0.3, 0.4) is 0 Å². The van der Waals surface area contributed by atoms with Gasteiger partial charge in [-0.1, -0.05) is 38.5 Å². The highest BCUT2D eigenvalue weighted by Crippen LogP contribution is 2.48. The van der Waals surface area contributed by atoms with Crippen LogP contribution < -0.4 is 11.5 Å². The molecular formula is C15H26N2O2. The smallest absolute Gasteiger partial charge is 0.233 e. The molecule has 4 heteroatoms. The molecule has 0 radical (unpaired) electrons. The zero-order valence-corrected chi connectivity index (χ0v) is 11.7. The molecule has 19 heavy (non-hydrogen) atoms. The molecule has 2 rings (SSSR count). The van der Waals surface area contributed by atoms with Crippen molar-refractivity contribution in [3.63, 3.8) is 0 Å². The zero-order valence-electron chi connectivity index (χ0n) is 11.7. The largest absolute Gasteiger partial charge is 0.369 e. The number of carbonyl (C=O) groups excluding carboxylic acids is 2. The van der Waals surface area contributed by atoms with Crippen LogP contribution in [0.25, 0.3) is 0 Å². The fraction of sp³-hybridized carbons (Fsp3) is 0.867. The Hall–Kier alpha value is -1.06. The van der Waals surface area contributed by atoms with Crippen molar-refractivity contribution in [2.24, 2.45) is 28.7 Å². The van der Waals surface area contributed by atoms with Crippen LogP contribution in [0.2, 0.25) is 0 Å². The maximum atomic E-state index is 12.2. The summed E-state index contributed by atoms with van der Waals surface area (Å²) >= 11 is 0. The molecule has 2 aliphatic carbocycles. The van der Waals surface area contributed by atoms with Crippen molar-refractivity contribution < 1.29 is 9.59 Å². The second-order valence-corrected chi connectivity index (χ2v) is 6.27. The summed E-state index contributed by atoms with van der Waals surface area (Å²) in [6, 6.07) is 0. The Labute approximate surface area is 115 Å². The first-order valence-corrected chi connectivity index (χ1v) is 7.70. The molecule has 0 heterocycles. The van der Waals surface area contributed by atoms with E-state index < -0.39 is 17.2 Å². The van der Waals surface area contributed by atoms with Crippen molar-refractivity contribution >= 4 is 11.8 Å². The third-order valence-corrected chi connectivity index (χ3v) is 5.31. The van der Waals surface area contributed by atoms with Gasteiger partial charge in [-0.2, -0.15) is 0 Å². The Kier molecular flexibility index (Phi) is 4.48. The topological polar surface area (TPSA) is 86.2 Å². The summed E-state index contributed by atoms with van der Waals surface area (Å²) in [5.74, 6) is -0.809. The molecule has 0 aromatic heterocycles. The third kappa shape index (κ3) is 2.49. The van der Waals surface area contributed by atoms with E-state index in [0.29, 0.717) is 0 Å². The minimum Gasteiger partial charge on any atom is -0.369 e. The highest BCUT2D eigenvalue weighted by atomic mass is 16.2. The van der Waals surface area contributed by atoms with Gasteiger partial charge in [-0.15, -0.1) is 0 Å². The summed E-state index contributed by atoms with van der Waals surface area (Å²) in [7, 11) is 0. The molecular weight excluding hydrogens is 240 g/mol. The van der Waals surface area contributed by atoms with Crippen LogP contribution in [-0.2, 0) is 9.59 Å². The fourth-order valence-corrected chi connectivity index (χ4v) is 4.38. The van der Waals surface area contributed by atoms with E-state index in [1.54, 1.807) is 0 Å². The monoisotopic (exact) mass is 266 g/mol. The lowest BCUT2D eigenvalue weighted by Gasteiger charge is -2.44. The Morgan fingerprint density at radius 3 is 1.26 bits per heavy atom. The van der Waals surface area contributed by atoms with Gasteiger partial charge in [-0.25, -0.2) is 0 Å². The molecule has 2 fully saturated rings. The summed E-state index contributed by atoms with van der Waals surface area (Å²) in [6.45, 7) is 0. The van der Waals surface area contributed by atoms with E-state index in [0.717, 1.165) is 51.4 Å². The first-order valence-electron chi connectivity index (χ1n) is 7.70. The Morgan fingerprint density at radius 1 is 0.684 bits per heavy atom. The van der Waals surface area contributed by atoms with Crippen molar-refractivity contribution in [3.8, 4) is 0 Å². The molecule has 2 saturated carbocycles. The van der Waals surface area contributed by atoms with Gasteiger partial charge in [0.15, 0.2) is 0 Å². The minimum absolute atomic E-state index is 0.0688. The predicted molar refractivity (Wildman–Crippen MR) is 74.0 cm³/mol. The summed E-state index contributed by atoms with van der Waals surface area (Å²) in [4.78, 5) is 24.4. The van der Waals surface area contributed by atoms with E-state index in [1.165, 1.54) is 12.8 Å². The summed E-state index contributed by atoms with van der Waals surface area (Å²) in [5.41, 5.74) is 10.3. The number of primary amides is 2. The van der Waals surface area contributed by atoms with Crippen molar-refractivity contribution in [2.75, 3.05) is 0 Å². The van der Waals surface area contributed by atoms with E-state index in [1.807, 2.05) is 0 Å². The van der Waals surface area contributed by atoms with E-state index >= 15 is 0 Å². The van der Waals surface area contributed by atoms with Crippen LogP contribution in [-0.4, -0.2) is 11.8 Å². The summed E-state index contributed by atoms with van der Waals surface area (Å²) < 4.78 is 0. The SMILES string of the molecule is NC(=O)C(C(N)=O)(C1CCCCC1)C1CCCCC1. The molecule has 2 aliphatic rings. The van der Waals surface area contributed by atoms with Crippen molar-refractivity contribution in [1.29, 1.82) is 0 Å². The van der Waals surface area contributed by atoms with Crippen LogP contribution in [0.5, 0.6) is 0 Å². The second-order valence-electron chi connectivity index (χ2n) is 6.27. The molecule has 0 spiro atoms. The molecule has 0 saturated heterocycles. The number of hydrogen-bond donors (Lipinski definition) is 2. The Bertz CT molecular complexity index is 308. The molecule has 4 nitrogen and oxygen atoms in total. The lowest BCUT2D eigenvalue weighted by Crippen LogP contribution is -2.57. The quantitative estimate of drug-likeness (QED) is 0.763. The lowest BCUT2D eigenvalue weighted by atomic mass is 9.58. The number of hydrogen-bond acceptors (Lipinski definition) is 2. The van der Waals surface area contributed by atoms with E-state index in [9.17, 15) is 9.59 Å². The molecule has 4 N–H and O–H groups in total. The van der Waals surface area contributed by atoms with Crippen LogP contribution in [0.15, 0.2) is 0 Å². The van der Waals surface area contributed by atoms with Gasteiger partial charge in [0.1, 0.15) is 5.41 Å². The van der Waals surface area contributed by atoms with Crippen molar-refractivity contribution in [2.45, 2.75) is 64.2 Å². The molecule has 0 bridgehead atoms. The van der Waals surface area contributed by atoms with Gasteiger partial charge in [0.2, 0.25) is 11.8 Å². The van der Waals surface area contributed by atoms with Gasteiger partial charge in [-0.3, -0.25) is 9.59 Å². The van der Waals surface area contributed by atoms with Gasteiger partial charge in [0.25, 0.3) is 0 Å². The average molecular weight is 266 g/mol. The van der Waals surface area contributed by atoms with Gasteiger partial charge < -0.3 is 11.5 Å². The van der Waals surface area contributed by atoms with Crippen LogP contribution in [0.1, 0.15) is 64.2 Å². The second kappa shape index (κ2) is 5.93. The van der Waals surface area contributed by atoms with E-state index in [2.05, 4.69) is 0 Å². The molecule has 0 aromatic rings. The standard InChI is InChI=1S/C15H26N2O2/c16-13(18)15(14(17)19,11-7-3-1-4-8-11)12-9-5-2-6-10-12/h11-12H,1-10H2,(H2,16,18)(H2,17,19). The molecule has 108 valence electrons. The Morgan fingerprint density at radius 2 is 1.00 bits per heavy atom. The molecule has 2 amide bonds. The number of nitrogens with two attached hydrogens (primary N) is 2. The normalized spacial score (nSPS) is 23.2. The maximum Gasteiger partial charge on any atom is 0.233 e. The third-order valence-electron chi connectivity index (χ3n) is 5.31. The highest BCUT2D eigenvalue weighted by molar-refractivity contribution is 6.04. The molecule has 0 unspecified atom stereocenters. The minimum atomic E-state index is -1.08. The predicted octanol–water partition coefficient (Wildman–Crippen LogP) is 2.10. The van der Waals surface area contributed by atoms with Crippen LogP contribution >= 0.6 is 0 Å². The maximum absolute atomic E-state index is 12.2. The lowest BCUT2D eigenvalue weighted by molar-refractivity contribution is -0.151. The highest BCUT2D eigenvalue weighted by Gasteiger charge is 2.54. The van der Waals surface area contributed by atoms with Crippen LogP contribution in [0, 0.1) is 17.3 Å². The number of rotatable bonds is 4. The average Bonchev–Trinajstić information content (AvgIpc) is 2.41. The van der Waals surface area contributed by atoms with Crippen LogP contribution in [0.4, 0.5) is 0 Å². The molecule has 0 aromatic carbocycles. The van der Waals surface area contributed by atoms with Crippen molar-refractivity contribution in [3.05, 3.63) is 0 Å². The van der Waals surface area contributed by atoms with E-state index in [-0.39, 0.29) is 11.8 Å². The van der Waals surface area contributed by atoms with E-state index in [4.69, 9.17) is 11.5 Å². The van der Waals surface area contributed by atoms with Gasteiger partial charge in [0, 0.05) is 0 Å². The number of amides is 2. The number of carbonyl (C=O) groups is 2. The van der Waals surface area contributed by atoms with Crippen molar-refractivity contribution in [1.82, 2.24) is 0 Å². The Balaban J connectivity index is 2.33. The first kappa shape index (κ1) is 14.4. The molecule has 0 atom stereocenters. The van der Waals surface area contributed by atoms with Gasteiger partial charge >= 0.3 is 0 Å².